The van der Waals surface area contributed by atoms with Crippen molar-refractivity contribution in [3.8, 4) is 0 Å². The van der Waals surface area contributed by atoms with Gasteiger partial charge in [0.15, 0.2) is 0 Å². The maximum absolute atomic E-state index is 11.7. The first kappa shape index (κ1) is 9.52. The van der Waals surface area contributed by atoms with Crippen molar-refractivity contribution < 1.29 is 4.79 Å². The molecule has 0 spiro atoms. The zero-order valence-corrected chi connectivity index (χ0v) is 9.42. The molecule has 0 aromatic carbocycles. The van der Waals surface area contributed by atoms with E-state index in [9.17, 15) is 4.79 Å². The molecule has 2 heterocycles. The number of hydrogen-bond donors (Lipinski definition) is 2. The number of nitrogens with one attached hydrogen (secondary N) is 2. The largest absolute Gasteiger partial charge is 0.362 e. The van der Waals surface area contributed by atoms with Crippen LogP contribution in [0.15, 0.2) is 6.07 Å². The second kappa shape index (κ2) is 2.98. The summed E-state index contributed by atoms with van der Waals surface area (Å²) in [4.78, 5) is 13.7. The fourth-order valence-electron chi connectivity index (χ4n) is 1.59. The molecule has 3 nitrogen and oxygen atoms in total. The quantitative estimate of drug-likeness (QED) is 0.746. The Hall–Kier alpha value is -1.03. The maximum Gasteiger partial charge on any atom is 0.265 e. The Morgan fingerprint density at radius 2 is 2.14 bits per heavy atom. The molecule has 1 aromatic rings. The Morgan fingerprint density at radius 3 is 2.79 bits per heavy atom. The Bertz CT molecular complexity index is 381. The summed E-state index contributed by atoms with van der Waals surface area (Å²) in [5, 5.41) is 6.21. The van der Waals surface area contributed by atoms with Gasteiger partial charge in [0.2, 0.25) is 0 Å². The van der Waals surface area contributed by atoms with Crippen LogP contribution < -0.4 is 10.6 Å². The third kappa shape index (κ3) is 1.50. The van der Waals surface area contributed by atoms with Crippen molar-refractivity contribution >= 4 is 22.9 Å². The fourth-order valence-corrected chi connectivity index (χ4v) is 2.53. The summed E-state index contributed by atoms with van der Waals surface area (Å²) in [5.74, 6) is 0.0356. The molecule has 1 aromatic heterocycles. The Balaban J connectivity index is 2.43. The molecule has 0 radical (unpaired) electrons. The molecule has 1 amide bonds. The average Bonchev–Trinajstić information content (AvgIpc) is 2.45. The minimum atomic E-state index is -0.337. The normalized spacial score (nSPS) is 18.4. The van der Waals surface area contributed by atoms with E-state index in [4.69, 9.17) is 0 Å². The van der Waals surface area contributed by atoms with Crippen molar-refractivity contribution in [1.29, 1.82) is 0 Å². The fraction of sp³-hybridized carbons (Fsp3) is 0.500. The van der Waals surface area contributed by atoms with Crippen molar-refractivity contribution in [2.24, 2.45) is 0 Å². The Kier molecular flexibility index (Phi) is 2.03. The van der Waals surface area contributed by atoms with Gasteiger partial charge in [-0.2, -0.15) is 0 Å². The van der Waals surface area contributed by atoms with Crippen LogP contribution in [-0.4, -0.2) is 11.6 Å². The highest BCUT2D eigenvalue weighted by atomic mass is 32.1. The molecule has 0 saturated heterocycles. The molecule has 0 atom stereocenters. The van der Waals surface area contributed by atoms with Crippen LogP contribution in [0.25, 0.3) is 0 Å². The molecule has 14 heavy (non-hydrogen) atoms. The monoisotopic (exact) mass is 210 g/mol. The number of hydrogen-bond acceptors (Lipinski definition) is 3. The van der Waals surface area contributed by atoms with Crippen LogP contribution >= 0.6 is 11.3 Å². The van der Waals surface area contributed by atoms with Gasteiger partial charge in [0.05, 0.1) is 5.69 Å². The van der Waals surface area contributed by atoms with E-state index in [1.807, 2.05) is 13.8 Å². The lowest BCUT2D eigenvalue weighted by Crippen LogP contribution is -2.52. The first-order valence-corrected chi connectivity index (χ1v) is 5.57. The van der Waals surface area contributed by atoms with Crippen LogP contribution in [0.2, 0.25) is 0 Å². The summed E-state index contributed by atoms with van der Waals surface area (Å²) < 4.78 is 0. The number of fused-ring (bicyclic) bond motifs is 1. The van der Waals surface area contributed by atoms with Gasteiger partial charge in [-0.1, -0.05) is 6.92 Å². The molecule has 0 bridgehead atoms. The smallest absolute Gasteiger partial charge is 0.265 e. The minimum absolute atomic E-state index is 0.0356. The minimum Gasteiger partial charge on any atom is -0.362 e. The van der Waals surface area contributed by atoms with E-state index in [1.54, 1.807) is 11.3 Å². The maximum atomic E-state index is 11.7. The van der Waals surface area contributed by atoms with Gasteiger partial charge in [0, 0.05) is 4.88 Å². The number of aryl methyl sites for hydroxylation is 1. The summed E-state index contributed by atoms with van der Waals surface area (Å²) >= 11 is 1.57. The Labute approximate surface area is 87.5 Å². The summed E-state index contributed by atoms with van der Waals surface area (Å²) in [6.45, 7) is 6.01. The first-order chi connectivity index (χ1) is 6.52. The molecular formula is C10H14N2OS. The lowest BCUT2D eigenvalue weighted by Gasteiger charge is -2.32. The number of rotatable bonds is 1. The number of carbonyl (C=O) groups excluding carboxylic acids is 1. The SMILES string of the molecule is CCc1cc2c(s1)C(=O)NC(C)(C)N2. The molecular weight excluding hydrogens is 196 g/mol. The van der Waals surface area contributed by atoms with Gasteiger partial charge < -0.3 is 10.6 Å². The second-order valence-electron chi connectivity index (χ2n) is 4.01. The predicted octanol–water partition coefficient (Wildman–Crippen LogP) is 2.20. The average molecular weight is 210 g/mol. The predicted molar refractivity (Wildman–Crippen MR) is 58.9 cm³/mol. The van der Waals surface area contributed by atoms with E-state index in [2.05, 4.69) is 23.6 Å². The van der Waals surface area contributed by atoms with Gasteiger partial charge in [0.25, 0.3) is 5.91 Å². The highest BCUT2D eigenvalue weighted by Gasteiger charge is 2.30. The molecule has 76 valence electrons. The number of anilines is 1. The van der Waals surface area contributed by atoms with Crippen LogP contribution in [0.4, 0.5) is 5.69 Å². The summed E-state index contributed by atoms with van der Waals surface area (Å²) in [5.41, 5.74) is 0.636. The molecule has 4 heteroatoms. The van der Waals surface area contributed by atoms with E-state index in [0.717, 1.165) is 17.0 Å². The van der Waals surface area contributed by atoms with Crippen LogP contribution in [0.1, 0.15) is 35.3 Å². The van der Waals surface area contributed by atoms with Crippen LogP contribution in [-0.2, 0) is 6.42 Å². The van der Waals surface area contributed by atoms with Gasteiger partial charge >= 0.3 is 0 Å². The topological polar surface area (TPSA) is 41.1 Å². The van der Waals surface area contributed by atoms with Crippen molar-refractivity contribution in [3.63, 3.8) is 0 Å². The molecule has 0 fully saturated rings. The van der Waals surface area contributed by atoms with Crippen molar-refractivity contribution in [1.82, 2.24) is 5.32 Å². The van der Waals surface area contributed by atoms with Gasteiger partial charge in [0.1, 0.15) is 10.5 Å². The lowest BCUT2D eigenvalue weighted by molar-refractivity contribution is 0.0919. The van der Waals surface area contributed by atoms with Crippen LogP contribution in [0.3, 0.4) is 0 Å². The molecule has 2 rings (SSSR count). The van der Waals surface area contributed by atoms with Crippen molar-refractivity contribution in [2.75, 3.05) is 5.32 Å². The highest BCUT2D eigenvalue weighted by molar-refractivity contribution is 7.14. The lowest BCUT2D eigenvalue weighted by atomic mass is 10.1. The zero-order chi connectivity index (χ0) is 10.3. The third-order valence-electron chi connectivity index (χ3n) is 2.21. The molecule has 0 saturated carbocycles. The number of carbonyl (C=O) groups is 1. The molecule has 1 aliphatic rings. The summed E-state index contributed by atoms with van der Waals surface area (Å²) in [6, 6.07) is 2.07. The van der Waals surface area contributed by atoms with Gasteiger partial charge in [-0.05, 0) is 26.3 Å². The van der Waals surface area contributed by atoms with E-state index in [0.29, 0.717) is 0 Å². The van der Waals surface area contributed by atoms with E-state index < -0.39 is 0 Å². The van der Waals surface area contributed by atoms with E-state index in [-0.39, 0.29) is 11.6 Å². The van der Waals surface area contributed by atoms with Crippen molar-refractivity contribution in [3.05, 3.63) is 15.8 Å². The van der Waals surface area contributed by atoms with E-state index >= 15 is 0 Å². The van der Waals surface area contributed by atoms with Crippen molar-refractivity contribution in [2.45, 2.75) is 32.9 Å². The third-order valence-corrected chi connectivity index (χ3v) is 3.49. The summed E-state index contributed by atoms with van der Waals surface area (Å²) in [6.07, 6.45) is 0.979. The molecule has 2 N–H and O–H groups in total. The number of thiophene rings is 1. The Morgan fingerprint density at radius 1 is 1.43 bits per heavy atom. The second-order valence-corrected chi connectivity index (χ2v) is 5.15. The molecule has 0 unspecified atom stereocenters. The van der Waals surface area contributed by atoms with Gasteiger partial charge in [-0.25, -0.2) is 0 Å². The first-order valence-electron chi connectivity index (χ1n) is 4.75. The zero-order valence-electron chi connectivity index (χ0n) is 8.60. The number of amides is 1. The van der Waals surface area contributed by atoms with E-state index in [1.165, 1.54) is 4.88 Å². The van der Waals surface area contributed by atoms with Gasteiger partial charge in [-0.3, -0.25) is 4.79 Å². The highest BCUT2D eigenvalue weighted by Crippen LogP contribution is 2.32. The van der Waals surface area contributed by atoms with Crippen LogP contribution in [0.5, 0.6) is 0 Å². The van der Waals surface area contributed by atoms with Gasteiger partial charge in [-0.15, -0.1) is 11.3 Å². The molecule has 1 aliphatic heterocycles. The standard InChI is InChI=1S/C10H14N2OS/c1-4-6-5-7-8(14-6)9(13)12-10(2,3)11-7/h5,11H,4H2,1-3H3,(H,12,13). The molecule has 0 aliphatic carbocycles. The van der Waals surface area contributed by atoms with Crippen LogP contribution in [0, 0.1) is 0 Å². The summed E-state index contributed by atoms with van der Waals surface area (Å²) in [7, 11) is 0.